The topological polar surface area (TPSA) is 120 Å². The van der Waals surface area contributed by atoms with Crippen LogP contribution in [0.15, 0.2) is 76.3 Å². The molecule has 0 aliphatic rings. The van der Waals surface area contributed by atoms with E-state index in [0.29, 0.717) is 16.9 Å². The highest BCUT2D eigenvalue weighted by Gasteiger charge is 2.13. The molecule has 0 radical (unpaired) electrons. The smallest absolute Gasteiger partial charge is 0.343 e. The third kappa shape index (κ3) is 5.76. The Morgan fingerprint density at radius 1 is 1.03 bits per heavy atom. The van der Waals surface area contributed by atoms with Gasteiger partial charge in [-0.3, -0.25) is 14.9 Å². The summed E-state index contributed by atoms with van der Waals surface area (Å²) in [6.45, 7) is 0. The Morgan fingerprint density at radius 2 is 1.78 bits per heavy atom. The summed E-state index contributed by atoms with van der Waals surface area (Å²) in [7, 11) is 1.43. The second kappa shape index (κ2) is 10.3. The van der Waals surface area contributed by atoms with Gasteiger partial charge >= 0.3 is 5.97 Å². The highest BCUT2D eigenvalue weighted by atomic mass is 79.9. The monoisotopic (exact) mass is 497 g/mol. The van der Waals surface area contributed by atoms with Gasteiger partial charge in [0.25, 0.3) is 11.6 Å². The van der Waals surface area contributed by atoms with E-state index in [2.05, 4.69) is 26.5 Å². The van der Waals surface area contributed by atoms with E-state index in [9.17, 15) is 19.7 Å². The summed E-state index contributed by atoms with van der Waals surface area (Å²) in [5, 5.41) is 14.5. The van der Waals surface area contributed by atoms with Gasteiger partial charge in [0, 0.05) is 22.2 Å². The number of nitro groups is 1. The highest BCUT2D eigenvalue weighted by Crippen LogP contribution is 2.28. The van der Waals surface area contributed by atoms with E-state index in [0.717, 1.165) is 4.47 Å². The predicted molar refractivity (Wildman–Crippen MR) is 120 cm³/mol. The number of non-ortho nitro benzene ring substituents is 1. The van der Waals surface area contributed by atoms with E-state index in [1.807, 2.05) is 0 Å². The van der Waals surface area contributed by atoms with E-state index >= 15 is 0 Å². The summed E-state index contributed by atoms with van der Waals surface area (Å²) < 4.78 is 11.4. The Bertz CT molecular complexity index is 1190. The third-order valence-electron chi connectivity index (χ3n) is 4.17. The zero-order valence-corrected chi connectivity index (χ0v) is 18.2. The minimum absolute atomic E-state index is 0.113. The first-order valence-corrected chi connectivity index (χ1v) is 9.90. The SMILES string of the molecule is COc1cc(C=NNC(=O)c2ccc([N+](=O)[O-])cc2)ccc1OC(=O)c1cccc(Br)c1. The van der Waals surface area contributed by atoms with Gasteiger partial charge in [-0.25, -0.2) is 10.2 Å². The molecule has 3 rings (SSSR count). The maximum absolute atomic E-state index is 12.3. The quantitative estimate of drug-likeness (QED) is 0.170. The minimum atomic E-state index is -0.549. The molecule has 1 N–H and O–H groups in total. The Hall–Kier alpha value is -4.05. The molecular weight excluding hydrogens is 482 g/mol. The van der Waals surface area contributed by atoms with Crippen LogP contribution in [0.25, 0.3) is 0 Å². The molecule has 0 aliphatic carbocycles. The van der Waals surface area contributed by atoms with Crippen molar-refractivity contribution >= 4 is 39.7 Å². The number of methoxy groups -OCH3 is 1. The maximum atomic E-state index is 12.3. The van der Waals surface area contributed by atoms with Crippen LogP contribution in [0.5, 0.6) is 11.5 Å². The first-order chi connectivity index (χ1) is 15.4. The van der Waals surface area contributed by atoms with Crippen LogP contribution >= 0.6 is 15.9 Å². The van der Waals surface area contributed by atoms with Gasteiger partial charge in [0.05, 0.1) is 23.8 Å². The Balaban J connectivity index is 1.66. The lowest BCUT2D eigenvalue weighted by Crippen LogP contribution is -2.17. The third-order valence-corrected chi connectivity index (χ3v) is 4.66. The number of carbonyl (C=O) groups is 2. The molecular formula is C22H16BrN3O6. The molecule has 0 aliphatic heterocycles. The average molecular weight is 498 g/mol. The molecule has 0 spiro atoms. The van der Waals surface area contributed by atoms with Gasteiger partial charge in [0.15, 0.2) is 11.5 Å². The summed E-state index contributed by atoms with van der Waals surface area (Å²) in [5.74, 6) is -0.535. The van der Waals surface area contributed by atoms with Gasteiger partial charge in [-0.2, -0.15) is 5.10 Å². The largest absolute Gasteiger partial charge is 0.493 e. The molecule has 1 amide bonds. The molecule has 32 heavy (non-hydrogen) atoms. The number of nitro benzene ring substituents is 1. The fourth-order valence-electron chi connectivity index (χ4n) is 2.59. The second-order valence-corrected chi connectivity index (χ2v) is 7.23. The van der Waals surface area contributed by atoms with Gasteiger partial charge in [-0.1, -0.05) is 22.0 Å². The zero-order chi connectivity index (χ0) is 23.1. The van der Waals surface area contributed by atoms with Crippen LogP contribution in [0.2, 0.25) is 0 Å². The second-order valence-electron chi connectivity index (χ2n) is 6.31. The highest BCUT2D eigenvalue weighted by molar-refractivity contribution is 9.10. The summed E-state index contributed by atoms with van der Waals surface area (Å²) >= 11 is 3.31. The number of nitrogens with zero attached hydrogens (tertiary/aromatic N) is 2. The normalized spacial score (nSPS) is 10.6. The van der Waals surface area contributed by atoms with Gasteiger partial charge in [-0.15, -0.1) is 0 Å². The lowest BCUT2D eigenvalue weighted by atomic mass is 10.2. The van der Waals surface area contributed by atoms with E-state index in [-0.39, 0.29) is 17.0 Å². The molecule has 162 valence electrons. The van der Waals surface area contributed by atoms with Gasteiger partial charge < -0.3 is 9.47 Å². The number of ether oxygens (including phenoxy) is 2. The van der Waals surface area contributed by atoms with Crippen LogP contribution in [0.3, 0.4) is 0 Å². The fourth-order valence-corrected chi connectivity index (χ4v) is 2.99. The predicted octanol–water partition coefficient (Wildman–Crippen LogP) is 4.35. The molecule has 0 aromatic heterocycles. The Kier molecular flexibility index (Phi) is 7.29. The van der Waals surface area contributed by atoms with E-state index in [4.69, 9.17) is 9.47 Å². The van der Waals surface area contributed by atoms with Crippen molar-refractivity contribution < 1.29 is 24.0 Å². The molecule has 0 heterocycles. The number of amides is 1. The number of hydrogen-bond acceptors (Lipinski definition) is 7. The standard InChI is InChI=1S/C22H16BrN3O6/c1-31-20-11-14(5-10-19(20)32-22(28)16-3-2-4-17(23)12-16)13-24-25-21(27)15-6-8-18(9-7-15)26(29)30/h2-13H,1H3,(H,25,27). The van der Waals surface area contributed by atoms with Crippen LogP contribution in [0.4, 0.5) is 5.69 Å². The number of nitrogens with one attached hydrogen (secondary N) is 1. The van der Waals surface area contributed by atoms with Crippen molar-refractivity contribution in [3.63, 3.8) is 0 Å². The molecule has 0 atom stereocenters. The fraction of sp³-hybridized carbons (Fsp3) is 0.0455. The van der Waals surface area contributed by atoms with E-state index in [1.165, 1.54) is 37.6 Å². The van der Waals surface area contributed by atoms with Gasteiger partial charge in [-0.05, 0) is 54.1 Å². The van der Waals surface area contributed by atoms with Crippen LogP contribution in [0, 0.1) is 10.1 Å². The molecule has 0 bridgehead atoms. The van der Waals surface area contributed by atoms with E-state index < -0.39 is 16.8 Å². The number of halogens is 1. The van der Waals surface area contributed by atoms with Crippen molar-refractivity contribution in [2.75, 3.05) is 7.11 Å². The molecule has 0 unspecified atom stereocenters. The van der Waals surface area contributed by atoms with E-state index in [1.54, 1.807) is 42.5 Å². The van der Waals surface area contributed by atoms with Crippen molar-refractivity contribution in [3.05, 3.63) is 98.0 Å². The van der Waals surface area contributed by atoms with Crippen LogP contribution in [-0.4, -0.2) is 30.1 Å². The van der Waals surface area contributed by atoms with Crippen molar-refractivity contribution in [2.45, 2.75) is 0 Å². The summed E-state index contributed by atoms with van der Waals surface area (Å²) in [6.07, 6.45) is 1.38. The number of hydrogen-bond donors (Lipinski definition) is 1. The average Bonchev–Trinajstić information content (AvgIpc) is 2.79. The molecule has 3 aromatic rings. The van der Waals surface area contributed by atoms with Crippen molar-refractivity contribution in [1.82, 2.24) is 5.43 Å². The molecule has 0 saturated carbocycles. The number of carbonyl (C=O) groups excluding carboxylic acids is 2. The molecule has 0 saturated heterocycles. The summed E-state index contributed by atoms with van der Waals surface area (Å²) in [4.78, 5) is 34.6. The van der Waals surface area contributed by atoms with Crippen molar-refractivity contribution in [3.8, 4) is 11.5 Å². The van der Waals surface area contributed by atoms with Crippen LogP contribution in [-0.2, 0) is 0 Å². The zero-order valence-electron chi connectivity index (χ0n) is 16.7. The number of esters is 1. The number of rotatable bonds is 7. The Morgan fingerprint density at radius 3 is 2.44 bits per heavy atom. The molecule has 10 heteroatoms. The number of benzene rings is 3. The lowest BCUT2D eigenvalue weighted by Gasteiger charge is -2.10. The van der Waals surface area contributed by atoms with Crippen molar-refractivity contribution in [1.29, 1.82) is 0 Å². The first-order valence-electron chi connectivity index (χ1n) is 9.11. The molecule has 3 aromatic carbocycles. The lowest BCUT2D eigenvalue weighted by molar-refractivity contribution is -0.384. The van der Waals surface area contributed by atoms with Crippen LogP contribution in [0.1, 0.15) is 26.3 Å². The van der Waals surface area contributed by atoms with Crippen LogP contribution < -0.4 is 14.9 Å². The number of hydrazone groups is 1. The minimum Gasteiger partial charge on any atom is -0.493 e. The Labute approximate surface area is 190 Å². The molecule has 0 fully saturated rings. The maximum Gasteiger partial charge on any atom is 0.343 e. The first kappa shape index (κ1) is 22.6. The van der Waals surface area contributed by atoms with Crippen molar-refractivity contribution in [2.24, 2.45) is 5.10 Å². The van der Waals surface area contributed by atoms with Gasteiger partial charge in [0.2, 0.25) is 0 Å². The molecule has 9 nitrogen and oxygen atoms in total. The summed E-state index contributed by atoms with van der Waals surface area (Å²) in [6, 6.07) is 16.7. The van der Waals surface area contributed by atoms with Gasteiger partial charge in [0.1, 0.15) is 0 Å². The summed E-state index contributed by atoms with van der Waals surface area (Å²) in [5.41, 5.74) is 3.40.